The fourth-order valence-electron chi connectivity index (χ4n) is 1.69. The summed E-state index contributed by atoms with van der Waals surface area (Å²) in [7, 11) is 0. The Morgan fingerprint density at radius 3 is 2.76 bits per heavy atom. The number of furan rings is 1. The lowest BCUT2D eigenvalue weighted by atomic mass is 10.0. The third kappa shape index (κ3) is 2.96. The molecule has 1 atom stereocenters. The van der Waals surface area contributed by atoms with Gasteiger partial charge in [0.25, 0.3) is 0 Å². The summed E-state index contributed by atoms with van der Waals surface area (Å²) in [5.74, 6) is 1.29. The quantitative estimate of drug-likeness (QED) is 0.937. The summed E-state index contributed by atoms with van der Waals surface area (Å²) in [5, 5.41) is 0. The monoisotopic (exact) mass is 297 g/mol. The van der Waals surface area contributed by atoms with Gasteiger partial charge in [-0.1, -0.05) is 15.9 Å². The van der Waals surface area contributed by atoms with E-state index in [1.807, 2.05) is 19.1 Å². The Morgan fingerprint density at radius 2 is 2.12 bits per heavy atom. The molecule has 2 nitrogen and oxygen atoms in total. The summed E-state index contributed by atoms with van der Waals surface area (Å²) >= 11 is 3.38. The minimum atomic E-state index is -0.262. The first-order chi connectivity index (χ1) is 8.06. The molecule has 1 unspecified atom stereocenters. The lowest BCUT2D eigenvalue weighted by Crippen LogP contribution is -2.12. The molecular formula is C13H13BrFNO. The van der Waals surface area contributed by atoms with E-state index in [2.05, 4.69) is 15.9 Å². The molecule has 90 valence electrons. The van der Waals surface area contributed by atoms with E-state index in [1.165, 1.54) is 12.1 Å². The second-order valence-corrected chi connectivity index (χ2v) is 4.85. The van der Waals surface area contributed by atoms with Gasteiger partial charge in [0.05, 0.1) is 6.04 Å². The van der Waals surface area contributed by atoms with Gasteiger partial charge in [0.1, 0.15) is 17.3 Å². The van der Waals surface area contributed by atoms with E-state index in [4.69, 9.17) is 10.2 Å². The van der Waals surface area contributed by atoms with Crippen molar-refractivity contribution < 1.29 is 8.81 Å². The molecule has 0 aliphatic carbocycles. The van der Waals surface area contributed by atoms with Crippen molar-refractivity contribution >= 4 is 15.9 Å². The number of halogens is 2. The summed E-state index contributed by atoms with van der Waals surface area (Å²) in [5.41, 5.74) is 6.86. The SMILES string of the molecule is Cc1ccc(C(N)Cc2cc(F)ccc2Br)o1. The lowest BCUT2D eigenvalue weighted by molar-refractivity contribution is 0.444. The fourth-order valence-corrected chi connectivity index (χ4v) is 2.10. The Bertz CT molecular complexity index is 524. The number of rotatable bonds is 3. The van der Waals surface area contributed by atoms with Gasteiger partial charge in [0.2, 0.25) is 0 Å². The lowest BCUT2D eigenvalue weighted by Gasteiger charge is -2.10. The van der Waals surface area contributed by atoms with E-state index in [0.29, 0.717) is 6.42 Å². The predicted molar refractivity (Wildman–Crippen MR) is 68.2 cm³/mol. The highest BCUT2D eigenvalue weighted by Gasteiger charge is 2.13. The highest BCUT2D eigenvalue weighted by atomic mass is 79.9. The van der Waals surface area contributed by atoms with E-state index in [-0.39, 0.29) is 11.9 Å². The zero-order valence-corrected chi connectivity index (χ0v) is 11.0. The molecule has 2 aromatic rings. The van der Waals surface area contributed by atoms with Crippen LogP contribution in [0.1, 0.15) is 23.1 Å². The predicted octanol–water partition coefficient (Wildman–Crippen LogP) is 3.73. The van der Waals surface area contributed by atoms with Crippen molar-refractivity contribution in [3.8, 4) is 0 Å². The maximum absolute atomic E-state index is 13.1. The standard InChI is InChI=1S/C13H13BrFNO/c1-8-2-5-13(17-8)12(16)7-9-6-10(15)3-4-11(9)14/h2-6,12H,7,16H2,1H3. The number of hydrogen-bond donors (Lipinski definition) is 1. The Balaban J connectivity index is 2.18. The number of aryl methyl sites for hydroxylation is 1. The molecule has 0 saturated carbocycles. The topological polar surface area (TPSA) is 39.2 Å². The third-order valence-electron chi connectivity index (χ3n) is 2.57. The zero-order chi connectivity index (χ0) is 12.4. The first-order valence-corrected chi connectivity index (χ1v) is 6.11. The van der Waals surface area contributed by atoms with Gasteiger partial charge in [0.15, 0.2) is 0 Å². The molecule has 0 aliphatic rings. The molecular weight excluding hydrogens is 285 g/mol. The summed E-state index contributed by atoms with van der Waals surface area (Å²) in [6, 6.07) is 8.05. The zero-order valence-electron chi connectivity index (χ0n) is 9.41. The van der Waals surface area contributed by atoms with Crippen molar-refractivity contribution in [2.24, 2.45) is 5.73 Å². The first kappa shape index (κ1) is 12.3. The third-order valence-corrected chi connectivity index (χ3v) is 3.35. The molecule has 1 aromatic carbocycles. The van der Waals surface area contributed by atoms with Crippen molar-refractivity contribution in [3.05, 3.63) is 57.7 Å². The first-order valence-electron chi connectivity index (χ1n) is 5.32. The van der Waals surface area contributed by atoms with Crippen LogP contribution in [0.4, 0.5) is 4.39 Å². The van der Waals surface area contributed by atoms with Crippen LogP contribution in [0.5, 0.6) is 0 Å². The molecule has 4 heteroatoms. The van der Waals surface area contributed by atoms with Gasteiger partial charge < -0.3 is 10.2 Å². The highest BCUT2D eigenvalue weighted by molar-refractivity contribution is 9.10. The Labute approximate surface area is 108 Å². The molecule has 0 amide bonds. The molecule has 0 spiro atoms. The Kier molecular flexibility index (Phi) is 3.64. The van der Waals surface area contributed by atoms with Crippen molar-refractivity contribution in [2.75, 3.05) is 0 Å². The fraction of sp³-hybridized carbons (Fsp3) is 0.231. The van der Waals surface area contributed by atoms with Gasteiger partial charge in [0, 0.05) is 4.47 Å². The van der Waals surface area contributed by atoms with Gasteiger partial charge in [-0.3, -0.25) is 0 Å². The number of benzene rings is 1. The van der Waals surface area contributed by atoms with Crippen molar-refractivity contribution in [3.63, 3.8) is 0 Å². The largest absolute Gasteiger partial charge is 0.465 e. The molecule has 0 saturated heterocycles. The van der Waals surface area contributed by atoms with Gasteiger partial charge in [-0.15, -0.1) is 0 Å². The van der Waals surface area contributed by atoms with Crippen molar-refractivity contribution in [1.82, 2.24) is 0 Å². The van der Waals surface area contributed by atoms with E-state index in [1.54, 1.807) is 6.07 Å². The number of hydrogen-bond acceptors (Lipinski definition) is 2. The average molecular weight is 298 g/mol. The van der Waals surface area contributed by atoms with E-state index < -0.39 is 0 Å². The average Bonchev–Trinajstić information content (AvgIpc) is 2.70. The molecule has 1 heterocycles. The molecule has 0 radical (unpaired) electrons. The summed E-state index contributed by atoms with van der Waals surface area (Å²) in [4.78, 5) is 0. The molecule has 0 aliphatic heterocycles. The van der Waals surface area contributed by atoms with Crippen LogP contribution in [0, 0.1) is 12.7 Å². The van der Waals surface area contributed by atoms with Gasteiger partial charge in [-0.25, -0.2) is 4.39 Å². The van der Waals surface area contributed by atoms with Crippen LogP contribution in [0.2, 0.25) is 0 Å². The van der Waals surface area contributed by atoms with Crippen LogP contribution in [-0.2, 0) is 6.42 Å². The van der Waals surface area contributed by atoms with Gasteiger partial charge in [-0.2, -0.15) is 0 Å². The maximum atomic E-state index is 13.1. The minimum Gasteiger partial charge on any atom is -0.465 e. The normalized spacial score (nSPS) is 12.7. The van der Waals surface area contributed by atoms with Gasteiger partial charge >= 0.3 is 0 Å². The van der Waals surface area contributed by atoms with Crippen LogP contribution in [-0.4, -0.2) is 0 Å². The molecule has 0 bridgehead atoms. The molecule has 1 aromatic heterocycles. The van der Waals surface area contributed by atoms with Crippen LogP contribution in [0.15, 0.2) is 39.2 Å². The smallest absolute Gasteiger partial charge is 0.123 e. The summed E-state index contributed by atoms with van der Waals surface area (Å²) in [6.07, 6.45) is 0.533. The summed E-state index contributed by atoms with van der Waals surface area (Å²) < 4.78 is 19.4. The van der Waals surface area contributed by atoms with E-state index >= 15 is 0 Å². The Hall–Kier alpha value is -1.13. The van der Waals surface area contributed by atoms with Crippen LogP contribution >= 0.6 is 15.9 Å². The van der Waals surface area contributed by atoms with Crippen molar-refractivity contribution in [2.45, 2.75) is 19.4 Å². The second kappa shape index (κ2) is 5.02. The second-order valence-electron chi connectivity index (χ2n) is 3.99. The van der Waals surface area contributed by atoms with Crippen molar-refractivity contribution in [1.29, 1.82) is 0 Å². The van der Waals surface area contributed by atoms with E-state index in [0.717, 1.165) is 21.6 Å². The highest BCUT2D eigenvalue weighted by Crippen LogP contribution is 2.24. The Morgan fingerprint density at radius 1 is 1.35 bits per heavy atom. The molecule has 2 N–H and O–H groups in total. The number of nitrogens with two attached hydrogens (primary N) is 1. The van der Waals surface area contributed by atoms with Crippen LogP contribution in [0.3, 0.4) is 0 Å². The van der Waals surface area contributed by atoms with Crippen LogP contribution in [0.25, 0.3) is 0 Å². The van der Waals surface area contributed by atoms with Crippen LogP contribution < -0.4 is 5.73 Å². The van der Waals surface area contributed by atoms with E-state index in [9.17, 15) is 4.39 Å². The summed E-state index contributed by atoms with van der Waals surface area (Å²) in [6.45, 7) is 1.87. The molecule has 0 fully saturated rings. The minimum absolute atomic E-state index is 0.258. The molecule has 2 rings (SSSR count). The maximum Gasteiger partial charge on any atom is 0.123 e. The molecule has 17 heavy (non-hydrogen) atoms. The van der Waals surface area contributed by atoms with Gasteiger partial charge in [-0.05, 0) is 49.2 Å².